The molecule has 296 valence electrons. The number of nitrogens with zero attached hydrogens (tertiary/aromatic N) is 1. The summed E-state index contributed by atoms with van der Waals surface area (Å²) in [5, 5.41) is 8.29. The summed E-state index contributed by atoms with van der Waals surface area (Å²) in [5.41, 5.74) is -1.36. The van der Waals surface area contributed by atoms with Gasteiger partial charge in [-0.3, -0.25) is 28.8 Å². The highest BCUT2D eigenvalue weighted by Crippen LogP contribution is 2.15. The van der Waals surface area contributed by atoms with Crippen LogP contribution < -0.4 is 16.0 Å². The van der Waals surface area contributed by atoms with Crippen LogP contribution in [-0.4, -0.2) is 109 Å². The number of hydrogen-bond acceptors (Lipinski definition) is 13. The van der Waals surface area contributed by atoms with Gasteiger partial charge in [0.1, 0.15) is 17.2 Å². The maximum Gasteiger partial charge on any atom is 0.333 e. The van der Waals surface area contributed by atoms with Crippen molar-refractivity contribution >= 4 is 47.4 Å². The molecular formula is C35H58N4O13. The fraction of sp³-hybridized carbons (Fsp3) is 0.771. The van der Waals surface area contributed by atoms with Gasteiger partial charge in [-0.2, -0.15) is 0 Å². The summed E-state index contributed by atoms with van der Waals surface area (Å²) < 4.78 is 21.4. The first-order chi connectivity index (χ1) is 24.4. The fourth-order valence-electron chi connectivity index (χ4n) is 4.51. The molecule has 0 aliphatic carbocycles. The Bertz CT molecular complexity index is 1190. The van der Waals surface area contributed by atoms with Crippen LogP contribution in [0.15, 0.2) is 0 Å². The number of esters is 2. The zero-order chi connectivity index (χ0) is 39.2. The van der Waals surface area contributed by atoms with E-state index in [1.165, 1.54) is 0 Å². The van der Waals surface area contributed by atoms with Crippen molar-refractivity contribution in [2.75, 3.05) is 39.5 Å². The van der Waals surface area contributed by atoms with Gasteiger partial charge in [-0.25, -0.2) is 9.59 Å². The minimum atomic E-state index is -1.24. The molecule has 1 rings (SSSR count). The average Bonchev–Trinajstić information content (AvgIpc) is 3.34. The largest absolute Gasteiger partial charge is 0.460 e. The Morgan fingerprint density at radius 2 is 1.12 bits per heavy atom. The molecule has 0 unspecified atom stereocenters. The molecule has 1 saturated heterocycles. The molecule has 1 atom stereocenters. The van der Waals surface area contributed by atoms with Crippen molar-refractivity contribution in [3.8, 4) is 0 Å². The van der Waals surface area contributed by atoms with E-state index in [1.807, 2.05) is 20.8 Å². The second kappa shape index (κ2) is 24.2. The number of amides is 5. The van der Waals surface area contributed by atoms with Crippen LogP contribution in [0.4, 0.5) is 0 Å². The van der Waals surface area contributed by atoms with Crippen LogP contribution in [0, 0.1) is 0 Å². The summed E-state index contributed by atoms with van der Waals surface area (Å²) in [6, 6.07) is -1.24. The third-order valence-corrected chi connectivity index (χ3v) is 6.91. The normalized spacial score (nSPS) is 13.7. The summed E-state index contributed by atoms with van der Waals surface area (Å²) in [6.07, 6.45) is 2.81. The average molecular weight is 743 g/mol. The van der Waals surface area contributed by atoms with E-state index in [4.69, 9.17) is 23.8 Å². The molecular weight excluding hydrogens is 684 g/mol. The van der Waals surface area contributed by atoms with Gasteiger partial charge >= 0.3 is 17.9 Å². The minimum absolute atomic E-state index is 0.0581. The van der Waals surface area contributed by atoms with E-state index in [9.17, 15) is 38.4 Å². The molecule has 3 N–H and O–H groups in total. The van der Waals surface area contributed by atoms with Gasteiger partial charge in [0, 0.05) is 51.6 Å². The van der Waals surface area contributed by atoms with Gasteiger partial charge in [-0.15, -0.1) is 5.06 Å². The van der Waals surface area contributed by atoms with E-state index < -0.39 is 59.2 Å². The van der Waals surface area contributed by atoms with Crippen LogP contribution >= 0.6 is 0 Å². The third-order valence-electron chi connectivity index (χ3n) is 6.91. The number of carbonyl (C=O) groups excluding carboxylic acids is 8. The van der Waals surface area contributed by atoms with Gasteiger partial charge in [0.2, 0.25) is 17.7 Å². The van der Waals surface area contributed by atoms with Crippen LogP contribution in [0.25, 0.3) is 0 Å². The Kier molecular flexibility index (Phi) is 21.3. The molecule has 0 aromatic heterocycles. The van der Waals surface area contributed by atoms with Gasteiger partial charge < -0.3 is 39.7 Å². The molecule has 0 aromatic rings. The second-order valence-electron chi connectivity index (χ2n) is 14.2. The molecule has 1 aliphatic rings. The second-order valence-corrected chi connectivity index (χ2v) is 14.2. The Morgan fingerprint density at radius 1 is 0.615 bits per heavy atom. The van der Waals surface area contributed by atoms with Gasteiger partial charge in [-0.1, -0.05) is 12.8 Å². The molecule has 1 heterocycles. The molecule has 5 amide bonds. The van der Waals surface area contributed by atoms with Gasteiger partial charge in [-0.05, 0) is 60.8 Å². The Morgan fingerprint density at radius 3 is 1.65 bits per heavy atom. The van der Waals surface area contributed by atoms with Crippen molar-refractivity contribution in [1.82, 2.24) is 21.0 Å². The Labute approximate surface area is 305 Å². The molecule has 17 heteroatoms. The van der Waals surface area contributed by atoms with Crippen LogP contribution in [-0.2, 0) is 62.1 Å². The number of nitrogens with one attached hydrogen (secondary N) is 3. The lowest BCUT2D eigenvalue weighted by Gasteiger charge is -2.24. The van der Waals surface area contributed by atoms with Crippen LogP contribution in [0.1, 0.15) is 119 Å². The maximum absolute atomic E-state index is 12.7. The zero-order valence-electron chi connectivity index (χ0n) is 31.6. The summed E-state index contributed by atoms with van der Waals surface area (Å²) in [5.74, 6) is -4.31. The lowest BCUT2D eigenvalue weighted by atomic mass is 10.1. The summed E-state index contributed by atoms with van der Waals surface area (Å²) in [7, 11) is 0. The lowest BCUT2D eigenvalue weighted by molar-refractivity contribution is -0.197. The number of hydrogen-bond donors (Lipinski definition) is 3. The van der Waals surface area contributed by atoms with E-state index in [-0.39, 0.29) is 63.7 Å². The molecule has 1 fully saturated rings. The number of rotatable bonds is 25. The predicted octanol–water partition coefficient (Wildman–Crippen LogP) is 1.93. The first-order valence-corrected chi connectivity index (χ1v) is 17.9. The van der Waals surface area contributed by atoms with E-state index >= 15 is 0 Å². The molecule has 0 radical (unpaired) electrons. The third kappa shape index (κ3) is 23.4. The summed E-state index contributed by atoms with van der Waals surface area (Å²) >= 11 is 0. The maximum atomic E-state index is 12.7. The van der Waals surface area contributed by atoms with Gasteiger partial charge in [0.05, 0.1) is 32.8 Å². The number of hydroxylamine groups is 2. The first kappa shape index (κ1) is 45.9. The molecule has 1 aliphatic heterocycles. The summed E-state index contributed by atoms with van der Waals surface area (Å²) in [4.78, 5) is 101. The number of imide groups is 1. The van der Waals surface area contributed by atoms with Crippen molar-refractivity contribution in [2.24, 2.45) is 0 Å². The van der Waals surface area contributed by atoms with E-state index in [1.54, 1.807) is 20.8 Å². The van der Waals surface area contributed by atoms with Crippen molar-refractivity contribution in [1.29, 1.82) is 0 Å². The van der Waals surface area contributed by atoms with E-state index in [2.05, 4.69) is 16.0 Å². The number of ether oxygens (including phenoxy) is 4. The highest BCUT2D eigenvalue weighted by molar-refractivity contribution is 6.01. The topological polar surface area (TPSA) is 222 Å². The fourth-order valence-corrected chi connectivity index (χ4v) is 4.51. The van der Waals surface area contributed by atoms with Gasteiger partial charge in [0.25, 0.3) is 11.8 Å². The standard InChI is InChI=1S/C35H58N4O13/c1-34(2,3)50-31(45)12-10-8-7-9-11-26(40)36-19-21-48-23-24-49-22-20-37-27(41)14-15-28(42)38-25(33(47)51-35(4,5)6)13-18-32(46)52-39-29(43)16-17-30(39)44/h25H,7-24H2,1-6H3,(H,36,40)(H,37,41)(H,38,42)/t25-/m0/s1. The van der Waals surface area contributed by atoms with Crippen molar-refractivity contribution in [2.45, 2.75) is 136 Å². The highest BCUT2D eigenvalue weighted by Gasteiger charge is 2.34. The Balaban J connectivity index is 2.15. The van der Waals surface area contributed by atoms with Crippen LogP contribution in [0.5, 0.6) is 0 Å². The predicted molar refractivity (Wildman–Crippen MR) is 185 cm³/mol. The summed E-state index contributed by atoms with van der Waals surface area (Å²) in [6.45, 7) is 12.1. The minimum Gasteiger partial charge on any atom is -0.460 e. The molecule has 0 aromatic carbocycles. The van der Waals surface area contributed by atoms with Crippen molar-refractivity contribution in [3.05, 3.63) is 0 Å². The van der Waals surface area contributed by atoms with Crippen LogP contribution in [0.3, 0.4) is 0 Å². The molecule has 0 spiro atoms. The smallest absolute Gasteiger partial charge is 0.333 e. The number of carbonyl (C=O) groups is 8. The first-order valence-electron chi connectivity index (χ1n) is 17.9. The van der Waals surface area contributed by atoms with E-state index in [0.717, 1.165) is 25.7 Å². The molecule has 0 bridgehead atoms. The molecule has 17 nitrogen and oxygen atoms in total. The Hall–Kier alpha value is -4.12. The number of unbranched alkanes of at least 4 members (excludes halogenated alkanes) is 3. The molecule has 52 heavy (non-hydrogen) atoms. The molecule has 0 saturated carbocycles. The van der Waals surface area contributed by atoms with Crippen molar-refractivity contribution < 1.29 is 62.1 Å². The highest BCUT2D eigenvalue weighted by atomic mass is 16.7. The monoisotopic (exact) mass is 742 g/mol. The van der Waals surface area contributed by atoms with E-state index in [0.29, 0.717) is 37.7 Å². The van der Waals surface area contributed by atoms with Crippen molar-refractivity contribution in [3.63, 3.8) is 0 Å². The lowest BCUT2D eigenvalue weighted by Crippen LogP contribution is -2.45. The quantitative estimate of drug-likeness (QED) is 0.0692. The SMILES string of the molecule is CC(C)(C)OC(=O)CCCCCCC(=O)NCCOCCOCCNC(=O)CCC(=O)N[C@@H](CCC(=O)ON1C(=O)CCC1=O)C(=O)OC(C)(C)C. The van der Waals surface area contributed by atoms with Crippen LogP contribution in [0.2, 0.25) is 0 Å². The zero-order valence-corrected chi connectivity index (χ0v) is 31.6. The van der Waals surface area contributed by atoms with Gasteiger partial charge in [0.15, 0.2) is 0 Å².